The third-order valence-electron chi connectivity index (χ3n) is 2.35. The molecule has 1 aliphatic rings. The van der Waals surface area contributed by atoms with Crippen LogP contribution in [0.5, 0.6) is 5.19 Å². The van der Waals surface area contributed by atoms with Gasteiger partial charge in [0.2, 0.25) is 0 Å². The van der Waals surface area contributed by atoms with Gasteiger partial charge >= 0.3 is 0 Å². The van der Waals surface area contributed by atoms with Crippen molar-refractivity contribution >= 4 is 43.2 Å². The average molecular weight is 341 g/mol. The van der Waals surface area contributed by atoms with Gasteiger partial charge in [-0.1, -0.05) is 17.8 Å². The molecule has 0 N–H and O–H groups in total. The topological polar surface area (TPSA) is 22.1 Å². The lowest BCUT2D eigenvalue weighted by Gasteiger charge is -2.21. The predicted molar refractivity (Wildman–Crippen MR) is 65.0 cm³/mol. The molecule has 5 heteroatoms. The minimum Gasteiger partial charge on any atom is -0.467 e. The molecule has 0 bridgehead atoms. The summed E-state index contributed by atoms with van der Waals surface area (Å²) in [6, 6.07) is 0. The van der Waals surface area contributed by atoms with E-state index in [1.165, 1.54) is 32.1 Å². The van der Waals surface area contributed by atoms with Crippen molar-refractivity contribution < 1.29 is 4.74 Å². The van der Waals surface area contributed by atoms with Crippen LogP contribution >= 0.6 is 43.2 Å². The lowest BCUT2D eigenvalue weighted by molar-refractivity contribution is 0.154. The summed E-state index contributed by atoms with van der Waals surface area (Å²) in [5, 5.41) is 0.774. The first-order valence-corrected chi connectivity index (χ1v) is 7.14. The monoisotopic (exact) mass is 339 g/mol. The Labute approximate surface area is 104 Å². The molecule has 0 unspecified atom stereocenters. The molecule has 1 heterocycles. The number of aromatic nitrogens is 1. The van der Waals surface area contributed by atoms with E-state index in [9.17, 15) is 0 Å². The van der Waals surface area contributed by atoms with Crippen molar-refractivity contribution in [1.82, 2.24) is 4.98 Å². The van der Waals surface area contributed by atoms with Gasteiger partial charge < -0.3 is 4.74 Å². The minimum atomic E-state index is 0.383. The molecule has 0 aliphatic heterocycles. The fraction of sp³-hybridized carbons (Fsp3) is 0.667. The summed E-state index contributed by atoms with van der Waals surface area (Å²) in [4.78, 5) is 4.27. The maximum Gasteiger partial charge on any atom is 0.275 e. The van der Waals surface area contributed by atoms with Crippen LogP contribution in [0.15, 0.2) is 8.39 Å². The van der Waals surface area contributed by atoms with E-state index in [1.54, 1.807) is 11.3 Å². The Morgan fingerprint density at radius 3 is 2.50 bits per heavy atom. The van der Waals surface area contributed by atoms with Crippen LogP contribution < -0.4 is 4.74 Å². The summed E-state index contributed by atoms with van der Waals surface area (Å²) in [5.74, 6) is 0. The lowest BCUT2D eigenvalue weighted by atomic mass is 9.98. The Kier molecular flexibility index (Phi) is 3.85. The highest BCUT2D eigenvalue weighted by Gasteiger charge is 2.17. The van der Waals surface area contributed by atoms with Crippen molar-refractivity contribution in [2.75, 3.05) is 0 Å². The summed E-state index contributed by atoms with van der Waals surface area (Å²) in [6.07, 6.45) is 6.67. The summed E-state index contributed by atoms with van der Waals surface area (Å²) >= 11 is 8.31. The molecule has 0 atom stereocenters. The second-order valence-corrected chi connectivity index (χ2v) is 6.45. The van der Waals surface area contributed by atoms with E-state index < -0.39 is 0 Å². The second kappa shape index (κ2) is 4.94. The van der Waals surface area contributed by atoms with Gasteiger partial charge in [-0.05, 0) is 57.5 Å². The fourth-order valence-electron chi connectivity index (χ4n) is 1.64. The first-order chi connectivity index (χ1) is 6.75. The van der Waals surface area contributed by atoms with Crippen molar-refractivity contribution in [3.05, 3.63) is 8.39 Å². The highest BCUT2D eigenvalue weighted by Crippen LogP contribution is 2.35. The predicted octanol–water partition coefficient (Wildman–Crippen LogP) is 4.38. The van der Waals surface area contributed by atoms with E-state index in [4.69, 9.17) is 4.74 Å². The Balaban J connectivity index is 1.95. The molecule has 1 aliphatic carbocycles. The zero-order valence-electron chi connectivity index (χ0n) is 7.63. The van der Waals surface area contributed by atoms with Gasteiger partial charge in [0, 0.05) is 0 Å². The average Bonchev–Trinajstić information content (AvgIpc) is 2.47. The van der Waals surface area contributed by atoms with Crippen LogP contribution in [0, 0.1) is 0 Å². The molecule has 2 rings (SSSR count). The molecular weight excluding hydrogens is 330 g/mol. The Hall–Kier alpha value is 0.390. The fourth-order valence-corrected chi connectivity index (χ4v) is 3.27. The van der Waals surface area contributed by atoms with Crippen LogP contribution in [0.1, 0.15) is 32.1 Å². The van der Waals surface area contributed by atoms with Gasteiger partial charge in [-0.25, -0.2) is 0 Å². The second-order valence-electron chi connectivity index (χ2n) is 3.42. The van der Waals surface area contributed by atoms with Crippen molar-refractivity contribution in [3.8, 4) is 5.19 Å². The van der Waals surface area contributed by atoms with Gasteiger partial charge in [-0.2, -0.15) is 4.98 Å². The first kappa shape index (κ1) is 10.9. The van der Waals surface area contributed by atoms with Gasteiger partial charge in [-0.3, -0.25) is 0 Å². The van der Waals surface area contributed by atoms with Gasteiger partial charge in [0.1, 0.15) is 14.5 Å². The number of halogens is 2. The summed E-state index contributed by atoms with van der Waals surface area (Å²) < 4.78 is 7.65. The van der Waals surface area contributed by atoms with Gasteiger partial charge in [0.15, 0.2) is 0 Å². The zero-order valence-corrected chi connectivity index (χ0v) is 11.6. The largest absolute Gasteiger partial charge is 0.467 e. The van der Waals surface area contributed by atoms with E-state index in [0.717, 1.165) is 13.6 Å². The van der Waals surface area contributed by atoms with Crippen molar-refractivity contribution in [2.45, 2.75) is 38.2 Å². The molecule has 0 amide bonds. The maximum absolute atomic E-state index is 5.80. The molecule has 14 heavy (non-hydrogen) atoms. The molecular formula is C9H11Br2NOS. The third-order valence-corrected chi connectivity index (χ3v) is 5.31. The highest BCUT2D eigenvalue weighted by atomic mass is 79.9. The van der Waals surface area contributed by atoms with E-state index >= 15 is 0 Å². The maximum atomic E-state index is 5.80. The normalized spacial score (nSPS) is 18.4. The number of hydrogen-bond donors (Lipinski definition) is 0. The summed E-state index contributed by atoms with van der Waals surface area (Å²) in [5.41, 5.74) is 0. The lowest BCUT2D eigenvalue weighted by Crippen LogP contribution is -2.19. The summed E-state index contributed by atoms with van der Waals surface area (Å²) in [6.45, 7) is 0. The molecule has 0 saturated heterocycles. The van der Waals surface area contributed by atoms with E-state index in [1.807, 2.05) is 0 Å². The van der Waals surface area contributed by atoms with Gasteiger partial charge in [0.25, 0.3) is 5.19 Å². The molecule has 0 aromatic carbocycles. The number of thiazole rings is 1. The highest BCUT2D eigenvalue weighted by molar-refractivity contribution is 9.13. The third kappa shape index (κ3) is 2.70. The standard InChI is InChI=1S/C9H11Br2NOS/c10-7-8(11)14-9(12-7)13-6-4-2-1-3-5-6/h6H,1-5H2. The van der Waals surface area contributed by atoms with Crippen molar-refractivity contribution in [1.29, 1.82) is 0 Å². The van der Waals surface area contributed by atoms with Crippen molar-refractivity contribution in [2.24, 2.45) is 0 Å². The smallest absolute Gasteiger partial charge is 0.275 e. The number of rotatable bonds is 2. The quantitative estimate of drug-likeness (QED) is 0.797. The van der Waals surface area contributed by atoms with Gasteiger partial charge in [-0.15, -0.1) is 0 Å². The molecule has 1 saturated carbocycles. The Bertz CT molecular complexity index is 290. The zero-order chi connectivity index (χ0) is 9.97. The number of hydrogen-bond acceptors (Lipinski definition) is 3. The minimum absolute atomic E-state index is 0.383. The molecule has 1 aromatic heterocycles. The number of nitrogens with zero attached hydrogens (tertiary/aromatic N) is 1. The Morgan fingerprint density at radius 2 is 1.93 bits per heavy atom. The van der Waals surface area contributed by atoms with Crippen LogP contribution in [-0.4, -0.2) is 11.1 Å². The van der Waals surface area contributed by atoms with Crippen LogP contribution in [-0.2, 0) is 0 Å². The molecule has 1 aromatic rings. The first-order valence-electron chi connectivity index (χ1n) is 4.74. The molecule has 0 radical (unpaired) electrons. The molecule has 2 nitrogen and oxygen atoms in total. The van der Waals surface area contributed by atoms with Crippen LogP contribution in [0.3, 0.4) is 0 Å². The van der Waals surface area contributed by atoms with Crippen LogP contribution in [0.2, 0.25) is 0 Å². The SMILES string of the molecule is Brc1nc(OC2CCCCC2)sc1Br. The van der Waals surface area contributed by atoms with Crippen molar-refractivity contribution in [3.63, 3.8) is 0 Å². The van der Waals surface area contributed by atoms with Gasteiger partial charge in [0.05, 0.1) is 0 Å². The molecule has 78 valence electrons. The number of ether oxygens (including phenoxy) is 1. The van der Waals surface area contributed by atoms with E-state index in [2.05, 4.69) is 36.8 Å². The molecule has 0 spiro atoms. The van der Waals surface area contributed by atoms with Crippen LogP contribution in [0.25, 0.3) is 0 Å². The summed E-state index contributed by atoms with van der Waals surface area (Å²) in [7, 11) is 0. The van der Waals surface area contributed by atoms with E-state index in [0.29, 0.717) is 6.10 Å². The molecule has 1 fully saturated rings. The van der Waals surface area contributed by atoms with Crippen LogP contribution in [0.4, 0.5) is 0 Å². The Morgan fingerprint density at radius 1 is 1.21 bits per heavy atom. The van der Waals surface area contributed by atoms with E-state index in [-0.39, 0.29) is 0 Å².